The number of carboxylic acid groups (broad SMARTS) is 1. The molecule has 0 saturated heterocycles. The number of hydrogen-bond donors (Lipinski definition) is 1. The number of aliphatic carboxylic acids is 1. The van der Waals surface area contributed by atoms with Crippen molar-refractivity contribution in [2.75, 3.05) is 4.90 Å². The topological polar surface area (TPSA) is 109 Å². The van der Waals surface area contributed by atoms with Gasteiger partial charge in [0.2, 0.25) is 11.1 Å². The molecular formula is C13H17ClN4O4. The SMILES string of the molecule is CCC(C(=O)O)N(c1nc(Cl)ncc1[N+](=O)[O-])C(C)C1CC1. The normalized spacial score (nSPS) is 16.9. The van der Waals surface area contributed by atoms with Gasteiger partial charge < -0.3 is 10.0 Å². The molecule has 8 nitrogen and oxygen atoms in total. The molecule has 1 aromatic rings. The van der Waals surface area contributed by atoms with Gasteiger partial charge in [0, 0.05) is 6.04 Å². The van der Waals surface area contributed by atoms with Crippen molar-refractivity contribution in [3.05, 3.63) is 21.6 Å². The smallest absolute Gasteiger partial charge is 0.329 e. The second-order valence-corrected chi connectivity index (χ2v) is 5.69. The number of carboxylic acids is 1. The number of hydrogen-bond acceptors (Lipinski definition) is 6. The van der Waals surface area contributed by atoms with Crippen LogP contribution in [0.5, 0.6) is 0 Å². The van der Waals surface area contributed by atoms with E-state index in [0.717, 1.165) is 19.0 Å². The van der Waals surface area contributed by atoms with Crippen LogP contribution < -0.4 is 4.90 Å². The van der Waals surface area contributed by atoms with Crippen LogP contribution >= 0.6 is 11.6 Å². The third-order valence-corrected chi connectivity index (χ3v) is 4.09. The van der Waals surface area contributed by atoms with Crippen molar-refractivity contribution in [3.8, 4) is 0 Å². The van der Waals surface area contributed by atoms with E-state index in [4.69, 9.17) is 11.6 Å². The molecule has 2 atom stereocenters. The van der Waals surface area contributed by atoms with Crippen molar-refractivity contribution < 1.29 is 14.8 Å². The molecule has 9 heteroatoms. The van der Waals surface area contributed by atoms with E-state index in [1.165, 1.54) is 4.90 Å². The van der Waals surface area contributed by atoms with Gasteiger partial charge in [-0.15, -0.1) is 0 Å². The van der Waals surface area contributed by atoms with Gasteiger partial charge in [0.1, 0.15) is 12.2 Å². The van der Waals surface area contributed by atoms with Crippen molar-refractivity contribution in [2.24, 2.45) is 5.92 Å². The maximum Gasteiger partial charge on any atom is 0.329 e. The van der Waals surface area contributed by atoms with Gasteiger partial charge in [-0.05, 0) is 43.7 Å². The number of carbonyl (C=O) groups is 1. The molecule has 1 N–H and O–H groups in total. The molecule has 2 rings (SSSR count). The first-order chi connectivity index (χ1) is 10.4. The number of aromatic nitrogens is 2. The summed E-state index contributed by atoms with van der Waals surface area (Å²) in [5.74, 6) is -0.764. The van der Waals surface area contributed by atoms with E-state index in [1.54, 1.807) is 6.92 Å². The Morgan fingerprint density at radius 2 is 2.27 bits per heavy atom. The lowest BCUT2D eigenvalue weighted by atomic mass is 10.1. The standard InChI is InChI=1S/C13H17ClN4O4/c1-3-9(12(19)20)17(7(2)8-4-5-8)11-10(18(21)22)6-15-13(14)16-11/h6-9H,3-5H2,1-2H3,(H,19,20). The quantitative estimate of drug-likeness (QED) is 0.465. The van der Waals surface area contributed by atoms with Gasteiger partial charge in [0.15, 0.2) is 0 Å². The molecule has 0 amide bonds. The maximum atomic E-state index is 11.6. The zero-order valence-corrected chi connectivity index (χ0v) is 13.0. The number of rotatable bonds is 7. The van der Waals surface area contributed by atoms with E-state index in [1.807, 2.05) is 6.92 Å². The average molecular weight is 329 g/mol. The molecule has 22 heavy (non-hydrogen) atoms. The Morgan fingerprint density at radius 3 is 2.73 bits per heavy atom. The highest BCUT2D eigenvalue weighted by atomic mass is 35.5. The monoisotopic (exact) mass is 328 g/mol. The minimum Gasteiger partial charge on any atom is -0.480 e. The van der Waals surface area contributed by atoms with Crippen LogP contribution in [0.4, 0.5) is 11.5 Å². The number of nitro groups is 1. The first-order valence-electron chi connectivity index (χ1n) is 7.04. The fourth-order valence-corrected chi connectivity index (χ4v) is 2.71. The minimum atomic E-state index is -1.04. The summed E-state index contributed by atoms with van der Waals surface area (Å²) in [4.78, 5) is 31.3. The molecule has 1 aromatic heterocycles. The summed E-state index contributed by atoms with van der Waals surface area (Å²) in [6, 6.07) is -1.08. The molecule has 1 saturated carbocycles. The molecule has 1 aliphatic carbocycles. The Bertz CT molecular complexity index is 593. The van der Waals surface area contributed by atoms with Crippen LogP contribution in [-0.4, -0.2) is 38.1 Å². The number of halogens is 1. The van der Waals surface area contributed by atoms with Crippen molar-refractivity contribution in [1.29, 1.82) is 0 Å². The maximum absolute atomic E-state index is 11.6. The predicted octanol–water partition coefficient (Wildman–Crippen LogP) is 2.51. The van der Waals surface area contributed by atoms with Crippen LogP contribution in [-0.2, 0) is 4.79 Å². The van der Waals surface area contributed by atoms with Gasteiger partial charge in [-0.3, -0.25) is 10.1 Å². The first kappa shape index (κ1) is 16.4. The van der Waals surface area contributed by atoms with Gasteiger partial charge in [0.05, 0.1) is 4.92 Å². The van der Waals surface area contributed by atoms with Crippen LogP contribution in [0.2, 0.25) is 5.28 Å². The summed E-state index contributed by atoms with van der Waals surface area (Å²) in [6.07, 6.45) is 3.26. The third-order valence-electron chi connectivity index (χ3n) is 3.91. The molecule has 120 valence electrons. The average Bonchev–Trinajstić information content (AvgIpc) is 3.27. The highest BCUT2D eigenvalue weighted by Gasteiger charge is 2.40. The van der Waals surface area contributed by atoms with E-state index in [2.05, 4.69) is 9.97 Å². The first-order valence-corrected chi connectivity index (χ1v) is 7.42. The van der Waals surface area contributed by atoms with Crippen molar-refractivity contribution in [2.45, 2.75) is 45.2 Å². The summed E-state index contributed by atoms with van der Waals surface area (Å²) in [5, 5.41) is 20.6. The zero-order valence-electron chi connectivity index (χ0n) is 12.3. The van der Waals surface area contributed by atoms with Gasteiger partial charge in [-0.2, -0.15) is 4.98 Å². The van der Waals surface area contributed by atoms with Crippen LogP contribution in [0.3, 0.4) is 0 Å². The van der Waals surface area contributed by atoms with Gasteiger partial charge in [0.25, 0.3) is 0 Å². The van der Waals surface area contributed by atoms with Gasteiger partial charge in [-0.1, -0.05) is 6.92 Å². The highest BCUT2D eigenvalue weighted by molar-refractivity contribution is 6.28. The zero-order chi connectivity index (χ0) is 16.4. The summed E-state index contributed by atoms with van der Waals surface area (Å²) in [7, 11) is 0. The van der Waals surface area contributed by atoms with E-state index < -0.39 is 16.9 Å². The highest BCUT2D eigenvalue weighted by Crippen LogP contribution is 2.40. The van der Waals surface area contributed by atoms with E-state index in [-0.39, 0.29) is 22.8 Å². The fraction of sp³-hybridized carbons (Fsp3) is 0.615. The summed E-state index contributed by atoms with van der Waals surface area (Å²) in [6.45, 7) is 3.59. The molecule has 0 radical (unpaired) electrons. The van der Waals surface area contributed by atoms with Crippen molar-refractivity contribution >= 4 is 29.1 Å². The Labute approximate surface area is 132 Å². The second-order valence-electron chi connectivity index (χ2n) is 5.35. The lowest BCUT2D eigenvalue weighted by Gasteiger charge is -2.34. The Hall–Kier alpha value is -1.96. The molecule has 2 unspecified atom stereocenters. The minimum absolute atomic E-state index is 0.0290. The van der Waals surface area contributed by atoms with Crippen LogP contribution in [0.15, 0.2) is 6.20 Å². The van der Waals surface area contributed by atoms with E-state index >= 15 is 0 Å². The summed E-state index contributed by atoms with van der Waals surface area (Å²) >= 11 is 5.77. The third kappa shape index (κ3) is 3.27. The largest absolute Gasteiger partial charge is 0.480 e. The predicted molar refractivity (Wildman–Crippen MR) is 80.1 cm³/mol. The van der Waals surface area contributed by atoms with E-state index in [0.29, 0.717) is 12.3 Å². The Morgan fingerprint density at radius 1 is 1.64 bits per heavy atom. The molecule has 0 bridgehead atoms. The molecule has 0 spiro atoms. The molecule has 1 fully saturated rings. The molecule has 0 aromatic carbocycles. The van der Waals surface area contributed by atoms with Crippen molar-refractivity contribution in [3.63, 3.8) is 0 Å². The molecular weight excluding hydrogens is 312 g/mol. The lowest BCUT2D eigenvalue weighted by Crippen LogP contribution is -2.48. The fourth-order valence-electron chi connectivity index (χ4n) is 2.58. The van der Waals surface area contributed by atoms with Crippen LogP contribution in [0.25, 0.3) is 0 Å². The number of nitrogens with zero attached hydrogens (tertiary/aromatic N) is 4. The second kappa shape index (κ2) is 6.43. The van der Waals surface area contributed by atoms with Gasteiger partial charge >= 0.3 is 11.7 Å². The molecule has 0 aliphatic heterocycles. The summed E-state index contributed by atoms with van der Waals surface area (Å²) in [5.41, 5.74) is -0.336. The Balaban J connectivity index is 2.55. The lowest BCUT2D eigenvalue weighted by molar-refractivity contribution is -0.384. The molecule has 1 aliphatic rings. The molecule has 1 heterocycles. The van der Waals surface area contributed by atoms with Crippen molar-refractivity contribution in [1.82, 2.24) is 9.97 Å². The Kier molecular flexibility index (Phi) is 4.80. The number of anilines is 1. The van der Waals surface area contributed by atoms with Gasteiger partial charge in [-0.25, -0.2) is 9.78 Å². The van der Waals surface area contributed by atoms with E-state index in [9.17, 15) is 20.0 Å². The summed E-state index contributed by atoms with van der Waals surface area (Å²) < 4.78 is 0. The van der Waals surface area contributed by atoms with Crippen LogP contribution in [0, 0.1) is 16.0 Å². The van der Waals surface area contributed by atoms with Crippen LogP contribution in [0.1, 0.15) is 33.1 Å².